The molecule has 15 heavy (non-hydrogen) atoms. The summed E-state index contributed by atoms with van der Waals surface area (Å²) < 4.78 is 0. The Morgan fingerprint density at radius 2 is 2.07 bits per heavy atom. The molecule has 0 atom stereocenters. The van der Waals surface area contributed by atoms with Crippen molar-refractivity contribution in [1.29, 1.82) is 0 Å². The first-order valence-corrected chi connectivity index (χ1v) is 4.59. The Kier molecular flexibility index (Phi) is 2.25. The van der Waals surface area contributed by atoms with Gasteiger partial charge in [-0.05, 0) is 18.6 Å². The molecule has 1 aromatic heterocycles. The van der Waals surface area contributed by atoms with Gasteiger partial charge in [0, 0.05) is 5.56 Å². The van der Waals surface area contributed by atoms with Crippen LogP contribution in [-0.2, 0) is 0 Å². The zero-order valence-electron chi connectivity index (χ0n) is 8.32. The van der Waals surface area contributed by atoms with Gasteiger partial charge in [-0.25, -0.2) is 5.10 Å². The summed E-state index contributed by atoms with van der Waals surface area (Å²) in [5, 5.41) is 6.32. The van der Waals surface area contributed by atoms with Crippen molar-refractivity contribution >= 4 is 5.69 Å². The van der Waals surface area contributed by atoms with E-state index < -0.39 is 0 Å². The molecule has 4 heteroatoms. The van der Waals surface area contributed by atoms with Gasteiger partial charge in [-0.3, -0.25) is 4.79 Å². The molecule has 2 aromatic rings. The van der Waals surface area contributed by atoms with E-state index in [0.29, 0.717) is 5.69 Å². The van der Waals surface area contributed by atoms with Gasteiger partial charge in [0.15, 0.2) is 0 Å². The van der Waals surface area contributed by atoms with Crippen LogP contribution in [0.2, 0.25) is 0 Å². The Bertz CT molecular complexity index is 546. The van der Waals surface area contributed by atoms with Crippen LogP contribution in [0.25, 0.3) is 11.3 Å². The number of nitrogens with one attached hydrogen (secondary N) is 1. The van der Waals surface area contributed by atoms with E-state index in [2.05, 4.69) is 10.2 Å². The molecule has 3 N–H and O–H groups in total. The van der Waals surface area contributed by atoms with Crippen LogP contribution >= 0.6 is 0 Å². The molecule has 0 saturated carbocycles. The minimum Gasteiger partial charge on any atom is -0.394 e. The molecule has 0 aliphatic rings. The van der Waals surface area contributed by atoms with Crippen LogP contribution in [0.4, 0.5) is 5.69 Å². The average molecular weight is 201 g/mol. The fourth-order valence-corrected chi connectivity index (χ4v) is 1.42. The summed E-state index contributed by atoms with van der Waals surface area (Å²) in [4.78, 5) is 11.0. The van der Waals surface area contributed by atoms with Crippen LogP contribution in [-0.4, -0.2) is 10.2 Å². The van der Waals surface area contributed by atoms with E-state index in [-0.39, 0.29) is 11.2 Å². The Labute approximate surface area is 86.8 Å². The minimum absolute atomic E-state index is 0.184. The number of hydrogen-bond acceptors (Lipinski definition) is 3. The van der Waals surface area contributed by atoms with Gasteiger partial charge in [-0.15, -0.1) is 0 Å². The number of aromatic nitrogens is 2. The van der Waals surface area contributed by atoms with E-state index in [1.54, 1.807) is 6.07 Å². The fraction of sp³-hybridized carbons (Fsp3) is 0.0909. The molecule has 0 amide bonds. The highest BCUT2D eigenvalue weighted by atomic mass is 16.1. The first kappa shape index (κ1) is 9.45. The summed E-state index contributed by atoms with van der Waals surface area (Å²) in [7, 11) is 0. The maximum Gasteiger partial charge on any atom is 0.287 e. The number of nitrogens with two attached hydrogens (primary N) is 1. The van der Waals surface area contributed by atoms with E-state index in [4.69, 9.17) is 5.73 Å². The normalized spacial score (nSPS) is 10.2. The molecule has 0 saturated heterocycles. The topological polar surface area (TPSA) is 71.8 Å². The third kappa shape index (κ3) is 1.74. The number of nitrogens with zero attached hydrogens (tertiary/aromatic N) is 1. The molecule has 0 bridgehead atoms. The zero-order chi connectivity index (χ0) is 10.8. The van der Waals surface area contributed by atoms with Crippen molar-refractivity contribution in [2.45, 2.75) is 6.92 Å². The number of aryl methyl sites for hydroxylation is 1. The highest BCUT2D eigenvalue weighted by molar-refractivity contribution is 5.65. The van der Waals surface area contributed by atoms with E-state index in [1.807, 2.05) is 31.2 Å². The molecule has 0 aliphatic carbocycles. The second kappa shape index (κ2) is 3.57. The summed E-state index contributed by atoms with van der Waals surface area (Å²) in [6.45, 7) is 1.98. The number of benzene rings is 1. The van der Waals surface area contributed by atoms with Gasteiger partial charge in [0.2, 0.25) is 0 Å². The van der Waals surface area contributed by atoms with Crippen molar-refractivity contribution in [2.75, 3.05) is 5.73 Å². The van der Waals surface area contributed by atoms with Crippen molar-refractivity contribution in [3.8, 4) is 11.3 Å². The molecule has 4 nitrogen and oxygen atoms in total. The monoisotopic (exact) mass is 201 g/mol. The summed E-state index contributed by atoms with van der Waals surface area (Å²) in [6, 6.07) is 9.38. The number of nitrogen functional groups attached to an aromatic ring is 1. The summed E-state index contributed by atoms with van der Waals surface area (Å²) in [6.07, 6.45) is 0. The van der Waals surface area contributed by atoms with Crippen LogP contribution in [0.5, 0.6) is 0 Å². The van der Waals surface area contributed by atoms with Gasteiger partial charge in [-0.1, -0.05) is 24.3 Å². The molecule has 1 heterocycles. The van der Waals surface area contributed by atoms with Crippen molar-refractivity contribution in [3.05, 3.63) is 46.2 Å². The highest BCUT2D eigenvalue weighted by Gasteiger charge is 2.04. The van der Waals surface area contributed by atoms with Gasteiger partial charge >= 0.3 is 0 Å². The van der Waals surface area contributed by atoms with Crippen molar-refractivity contribution in [3.63, 3.8) is 0 Å². The standard InChI is InChI=1S/C11H11N3O/c1-7-4-2-3-5-8(7)10-6-9(12)11(15)14-13-10/h2-6H,1H3,(H2,12,13)(H,14,15). The molecule has 76 valence electrons. The molecule has 0 unspecified atom stereocenters. The van der Waals surface area contributed by atoms with Crippen LogP contribution in [0.3, 0.4) is 0 Å². The predicted octanol–water partition coefficient (Wildman–Crippen LogP) is 1.33. The Morgan fingerprint density at radius 1 is 1.33 bits per heavy atom. The maximum absolute atomic E-state index is 11.0. The second-order valence-corrected chi connectivity index (χ2v) is 3.35. The van der Waals surface area contributed by atoms with Crippen LogP contribution in [0.15, 0.2) is 35.1 Å². The first-order chi connectivity index (χ1) is 7.18. The van der Waals surface area contributed by atoms with Crippen LogP contribution in [0.1, 0.15) is 5.56 Å². The van der Waals surface area contributed by atoms with Crippen molar-refractivity contribution < 1.29 is 0 Å². The molecular formula is C11H11N3O. The second-order valence-electron chi connectivity index (χ2n) is 3.35. The fourth-order valence-electron chi connectivity index (χ4n) is 1.42. The lowest BCUT2D eigenvalue weighted by molar-refractivity contribution is 0.998. The number of aromatic amines is 1. The van der Waals surface area contributed by atoms with Gasteiger partial charge < -0.3 is 5.73 Å². The zero-order valence-corrected chi connectivity index (χ0v) is 8.32. The Hall–Kier alpha value is -2.10. The molecule has 0 aliphatic heterocycles. The molecule has 2 rings (SSSR count). The quantitative estimate of drug-likeness (QED) is 0.731. The summed E-state index contributed by atoms with van der Waals surface area (Å²) in [5.74, 6) is 0. The minimum atomic E-state index is -0.354. The third-order valence-corrected chi connectivity index (χ3v) is 2.25. The average Bonchev–Trinajstić information content (AvgIpc) is 2.23. The largest absolute Gasteiger partial charge is 0.394 e. The SMILES string of the molecule is Cc1ccccc1-c1cc(N)c(=O)[nH]n1. The summed E-state index contributed by atoms with van der Waals surface area (Å²) in [5.41, 5.74) is 8.11. The molecular weight excluding hydrogens is 190 g/mol. The van der Waals surface area contributed by atoms with Crippen LogP contribution in [0, 0.1) is 6.92 Å². The number of H-pyrrole nitrogens is 1. The number of anilines is 1. The van der Waals surface area contributed by atoms with E-state index in [9.17, 15) is 4.79 Å². The smallest absolute Gasteiger partial charge is 0.287 e. The lowest BCUT2D eigenvalue weighted by atomic mass is 10.1. The number of rotatable bonds is 1. The van der Waals surface area contributed by atoms with Crippen LogP contribution < -0.4 is 11.3 Å². The van der Waals surface area contributed by atoms with Crippen molar-refractivity contribution in [2.24, 2.45) is 0 Å². The van der Waals surface area contributed by atoms with Gasteiger partial charge in [0.25, 0.3) is 5.56 Å². The molecule has 1 aromatic carbocycles. The van der Waals surface area contributed by atoms with E-state index >= 15 is 0 Å². The Balaban J connectivity index is 2.60. The maximum atomic E-state index is 11.0. The van der Waals surface area contributed by atoms with Gasteiger partial charge in [-0.2, -0.15) is 5.10 Å². The first-order valence-electron chi connectivity index (χ1n) is 4.59. The summed E-state index contributed by atoms with van der Waals surface area (Å²) >= 11 is 0. The predicted molar refractivity (Wildman–Crippen MR) is 59.4 cm³/mol. The van der Waals surface area contributed by atoms with Gasteiger partial charge in [0.05, 0.1) is 5.69 Å². The molecule has 0 fully saturated rings. The third-order valence-electron chi connectivity index (χ3n) is 2.25. The molecule has 0 spiro atoms. The lowest BCUT2D eigenvalue weighted by Gasteiger charge is -2.04. The lowest BCUT2D eigenvalue weighted by Crippen LogP contribution is -2.13. The number of hydrogen-bond donors (Lipinski definition) is 2. The van der Waals surface area contributed by atoms with Gasteiger partial charge in [0.1, 0.15) is 5.69 Å². The van der Waals surface area contributed by atoms with E-state index in [0.717, 1.165) is 11.1 Å². The van der Waals surface area contributed by atoms with Crippen molar-refractivity contribution in [1.82, 2.24) is 10.2 Å². The highest BCUT2D eigenvalue weighted by Crippen LogP contribution is 2.20. The Morgan fingerprint density at radius 3 is 2.73 bits per heavy atom. The van der Waals surface area contributed by atoms with E-state index in [1.165, 1.54) is 0 Å². The molecule has 0 radical (unpaired) electrons.